The zero-order chi connectivity index (χ0) is 24.4. The number of hydrogen-bond acceptors (Lipinski definition) is 5. The number of nitrogens with one attached hydrogen (secondary N) is 1. The molecular formula is C25H16F3N3O2S2. The summed E-state index contributed by atoms with van der Waals surface area (Å²) in [5.74, 6) is 0.409. The monoisotopic (exact) mass is 511 g/mol. The van der Waals surface area contributed by atoms with E-state index in [1.807, 2.05) is 12.1 Å². The normalized spacial score (nSPS) is 19.5. The van der Waals surface area contributed by atoms with Crippen molar-refractivity contribution in [1.29, 1.82) is 0 Å². The molecule has 5 nitrogen and oxygen atoms in total. The SMILES string of the molecule is COc1ccc(C2(C(F)(F)F)NC(=O)N3C(=C2c2nc4ccccc4s2)Sc2ccccc23)cc1. The molecule has 2 amide bonds. The molecule has 3 heterocycles. The molecule has 176 valence electrons. The third-order valence-corrected chi connectivity index (χ3v) is 8.26. The lowest BCUT2D eigenvalue weighted by molar-refractivity contribution is -0.178. The minimum absolute atomic E-state index is 0.0998. The third-order valence-electron chi connectivity index (χ3n) is 6.06. The molecule has 4 aromatic rings. The Bertz CT molecular complexity index is 1480. The van der Waals surface area contributed by atoms with Gasteiger partial charge in [0.15, 0.2) is 5.54 Å². The molecule has 10 heteroatoms. The van der Waals surface area contributed by atoms with E-state index in [0.717, 1.165) is 16.5 Å². The van der Waals surface area contributed by atoms with Crippen molar-refractivity contribution in [1.82, 2.24) is 10.3 Å². The van der Waals surface area contributed by atoms with Gasteiger partial charge in [-0.3, -0.25) is 4.90 Å². The van der Waals surface area contributed by atoms with Crippen molar-refractivity contribution < 1.29 is 22.7 Å². The zero-order valence-corrected chi connectivity index (χ0v) is 19.7. The fourth-order valence-corrected chi connectivity index (χ4v) is 6.83. The molecule has 6 rings (SSSR count). The molecule has 0 fully saturated rings. The van der Waals surface area contributed by atoms with Crippen LogP contribution in [0.5, 0.6) is 5.75 Å². The van der Waals surface area contributed by atoms with Crippen LogP contribution in [0.3, 0.4) is 0 Å². The van der Waals surface area contributed by atoms with Gasteiger partial charge in [0.25, 0.3) is 0 Å². The number of nitrogens with zero attached hydrogens (tertiary/aromatic N) is 2. The van der Waals surface area contributed by atoms with Crippen LogP contribution in [0.15, 0.2) is 82.7 Å². The second kappa shape index (κ2) is 7.76. The lowest BCUT2D eigenvalue weighted by Crippen LogP contribution is -2.62. The molecule has 1 unspecified atom stereocenters. The molecule has 1 N–H and O–H groups in total. The van der Waals surface area contributed by atoms with Crippen molar-refractivity contribution in [3.63, 3.8) is 0 Å². The minimum atomic E-state index is -4.88. The van der Waals surface area contributed by atoms with Crippen LogP contribution in [-0.4, -0.2) is 24.3 Å². The molecule has 0 saturated carbocycles. The van der Waals surface area contributed by atoms with Gasteiger partial charge in [0.1, 0.15) is 10.8 Å². The Labute approximate surface area is 206 Å². The van der Waals surface area contributed by atoms with Gasteiger partial charge in [-0.05, 0) is 42.0 Å². The highest BCUT2D eigenvalue weighted by Crippen LogP contribution is 2.59. The highest BCUT2D eigenvalue weighted by molar-refractivity contribution is 8.04. The van der Waals surface area contributed by atoms with Crippen LogP contribution in [0.2, 0.25) is 0 Å². The van der Waals surface area contributed by atoms with Crippen LogP contribution in [0, 0.1) is 0 Å². The zero-order valence-electron chi connectivity index (χ0n) is 18.1. The number of carbonyl (C=O) groups excluding carboxylic acids is 1. The number of hydrogen-bond donors (Lipinski definition) is 1. The molecule has 35 heavy (non-hydrogen) atoms. The lowest BCUT2D eigenvalue weighted by atomic mass is 9.80. The Morgan fingerprint density at radius 3 is 2.43 bits per heavy atom. The van der Waals surface area contributed by atoms with Crippen LogP contribution in [0.25, 0.3) is 15.8 Å². The van der Waals surface area contributed by atoms with E-state index in [4.69, 9.17) is 4.74 Å². The van der Waals surface area contributed by atoms with E-state index in [2.05, 4.69) is 10.3 Å². The molecule has 0 radical (unpaired) electrons. The maximum atomic E-state index is 15.3. The quantitative estimate of drug-likeness (QED) is 0.330. The molecule has 0 aliphatic carbocycles. The largest absolute Gasteiger partial charge is 0.497 e. The molecule has 2 aliphatic rings. The second-order valence-electron chi connectivity index (χ2n) is 7.98. The highest BCUT2D eigenvalue weighted by Gasteiger charge is 2.65. The summed E-state index contributed by atoms with van der Waals surface area (Å²) in [5, 5.41) is 2.74. The number of alkyl halides is 3. The topological polar surface area (TPSA) is 54.5 Å². The van der Waals surface area contributed by atoms with Gasteiger partial charge in [-0.25, -0.2) is 9.78 Å². The Hall–Kier alpha value is -3.50. The number of rotatable bonds is 3. The smallest absolute Gasteiger partial charge is 0.420 e. The summed E-state index contributed by atoms with van der Waals surface area (Å²) in [6.07, 6.45) is -4.88. The van der Waals surface area contributed by atoms with E-state index in [0.29, 0.717) is 21.8 Å². The van der Waals surface area contributed by atoms with Gasteiger partial charge in [-0.2, -0.15) is 13.2 Å². The van der Waals surface area contributed by atoms with E-state index >= 15 is 13.2 Å². The first-order chi connectivity index (χ1) is 16.8. The summed E-state index contributed by atoms with van der Waals surface area (Å²) < 4.78 is 51.8. The van der Waals surface area contributed by atoms with Gasteiger partial charge in [0.05, 0.1) is 33.6 Å². The van der Waals surface area contributed by atoms with Crippen molar-refractivity contribution in [2.75, 3.05) is 12.0 Å². The number of para-hydroxylation sites is 2. The van der Waals surface area contributed by atoms with E-state index in [9.17, 15) is 4.79 Å². The first-order valence-corrected chi connectivity index (χ1v) is 12.2. The van der Waals surface area contributed by atoms with E-state index < -0.39 is 17.7 Å². The first kappa shape index (κ1) is 22.0. The number of halogens is 3. The Morgan fingerprint density at radius 2 is 1.71 bits per heavy atom. The van der Waals surface area contributed by atoms with Gasteiger partial charge in [0, 0.05) is 4.90 Å². The number of anilines is 1. The van der Waals surface area contributed by atoms with Crippen molar-refractivity contribution >= 4 is 50.6 Å². The summed E-state index contributed by atoms with van der Waals surface area (Å²) in [7, 11) is 1.44. The van der Waals surface area contributed by atoms with Gasteiger partial charge in [0.2, 0.25) is 0 Å². The number of thiazole rings is 1. The standard InChI is InChI=1S/C25H16F3N3O2S2/c1-33-15-12-10-14(11-13-15)24(25(26,27)28)20(21-29-16-6-2-4-8-18(16)34-21)22-31(23(32)30-24)17-7-3-5-9-19(17)35-22/h2-13H,1H3,(H,30,32). The fourth-order valence-electron chi connectivity index (χ4n) is 4.46. The third kappa shape index (κ3) is 3.16. The Balaban J connectivity index is 1.70. The van der Waals surface area contributed by atoms with Crippen LogP contribution in [0.4, 0.5) is 23.7 Å². The number of fused-ring (bicyclic) bond motifs is 4. The summed E-state index contributed by atoms with van der Waals surface area (Å²) in [6.45, 7) is 0. The van der Waals surface area contributed by atoms with Crippen molar-refractivity contribution in [2.24, 2.45) is 0 Å². The van der Waals surface area contributed by atoms with Gasteiger partial charge < -0.3 is 10.1 Å². The van der Waals surface area contributed by atoms with Crippen LogP contribution >= 0.6 is 23.1 Å². The predicted octanol–water partition coefficient (Wildman–Crippen LogP) is 6.77. The number of carbonyl (C=O) groups is 1. The molecule has 0 spiro atoms. The summed E-state index contributed by atoms with van der Waals surface area (Å²) >= 11 is 2.31. The summed E-state index contributed by atoms with van der Waals surface area (Å²) in [5.41, 5.74) is -1.91. The number of ether oxygens (including phenoxy) is 1. The fraction of sp³-hybridized carbons (Fsp3) is 0.120. The minimum Gasteiger partial charge on any atom is -0.497 e. The van der Waals surface area contributed by atoms with Crippen molar-refractivity contribution in [3.05, 3.63) is 88.4 Å². The van der Waals surface area contributed by atoms with Gasteiger partial charge in [-0.15, -0.1) is 11.3 Å². The molecule has 2 aliphatic heterocycles. The average Bonchev–Trinajstić information content (AvgIpc) is 3.45. The first-order valence-electron chi connectivity index (χ1n) is 10.5. The van der Waals surface area contributed by atoms with E-state index in [1.54, 1.807) is 36.4 Å². The highest BCUT2D eigenvalue weighted by atomic mass is 32.2. The average molecular weight is 512 g/mol. The number of thioether (sulfide) groups is 1. The number of benzene rings is 3. The van der Waals surface area contributed by atoms with Gasteiger partial charge >= 0.3 is 12.2 Å². The number of urea groups is 1. The van der Waals surface area contributed by atoms with Crippen molar-refractivity contribution in [2.45, 2.75) is 16.6 Å². The van der Waals surface area contributed by atoms with Crippen LogP contribution < -0.4 is 15.0 Å². The predicted molar refractivity (Wildman–Crippen MR) is 131 cm³/mol. The lowest BCUT2D eigenvalue weighted by Gasteiger charge is -2.43. The molecule has 0 bridgehead atoms. The van der Waals surface area contributed by atoms with Crippen LogP contribution in [-0.2, 0) is 5.54 Å². The van der Waals surface area contributed by atoms with E-state index in [-0.39, 0.29) is 21.2 Å². The summed E-state index contributed by atoms with van der Waals surface area (Å²) in [6, 6.07) is 19.0. The number of amides is 2. The molecule has 1 aromatic heterocycles. The molecular weight excluding hydrogens is 495 g/mol. The summed E-state index contributed by atoms with van der Waals surface area (Å²) in [4.78, 5) is 20.0. The van der Waals surface area contributed by atoms with Crippen molar-refractivity contribution in [3.8, 4) is 5.75 Å². The number of methoxy groups -OCH3 is 1. The second-order valence-corrected chi connectivity index (χ2v) is 10.0. The Kier molecular flexibility index (Phi) is 4.87. The van der Waals surface area contributed by atoms with Crippen LogP contribution in [0.1, 0.15) is 10.6 Å². The van der Waals surface area contributed by atoms with E-state index in [1.165, 1.54) is 47.6 Å². The maximum Gasteiger partial charge on any atom is 0.420 e. The Morgan fingerprint density at radius 1 is 1.00 bits per heavy atom. The molecule has 3 aromatic carbocycles. The molecule has 1 atom stereocenters. The number of aromatic nitrogens is 1. The molecule has 0 saturated heterocycles. The van der Waals surface area contributed by atoms with Gasteiger partial charge in [-0.1, -0.05) is 48.2 Å². The maximum absolute atomic E-state index is 15.3.